The van der Waals surface area contributed by atoms with Crippen molar-refractivity contribution in [3.63, 3.8) is 0 Å². The van der Waals surface area contributed by atoms with Crippen molar-refractivity contribution in [1.29, 1.82) is 0 Å². The summed E-state index contributed by atoms with van der Waals surface area (Å²) in [5.41, 5.74) is 0.346. The lowest BCUT2D eigenvalue weighted by atomic mass is 9.97. The molecule has 0 aromatic heterocycles. The molecule has 1 nitrogen and oxygen atoms in total. The minimum absolute atomic E-state index is 0.346. The molecule has 1 fully saturated rings. The monoisotopic (exact) mass is 211 g/mol. The van der Waals surface area contributed by atoms with Crippen LogP contribution in [-0.2, 0) is 0 Å². The molecule has 90 valence electrons. The summed E-state index contributed by atoms with van der Waals surface area (Å²) in [5, 5.41) is 0. The van der Waals surface area contributed by atoms with Crippen molar-refractivity contribution < 1.29 is 0 Å². The highest BCUT2D eigenvalue weighted by Gasteiger charge is 2.25. The third-order valence-corrected chi connectivity index (χ3v) is 3.66. The molecule has 1 aliphatic rings. The Morgan fingerprint density at radius 2 is 1.40 bits per heavy atom. The molecule has 0 aliphatic carbocycles. The third kappa shape index (κ3) is 4.55. The van der Waals surface area contributed by atoms with Gasteiger partial charge in [0, 0.05) is 11.6 Å². The Morgan fingerprint density at radius 1 is 0.867 bits per heavy atom. The Bertz CT molecular complexity index is 169. The van der Waals surface area contributed by atoms with Crippen LogP contribution in [0.25, 0.3) is 0 Å². The average Bonchev–Trinajstić information content (AvgIpc) is 2.14. The molecule has 1 heteroatoms. The van der Waals surface area contributed by atoms with Gasteiger partial charge in [0.05, 0.1) is 0 Å². The lowest BCUT2D eigenvalue weighted by Gasteiger charge is -2.41. The lowest BCUT2D eigenvalue weighted by Crippen LogP contribution is -2.47. The third-order valence-electron chi connectivity index (χ3n) is 3.66. The minimum atomic E-state index is 0.346. The van der Waals surface area contributed by atoms with Crippen LogP contribution in [0.15, 0.2) is 0 Å². The first-order valence-electron chi connectivity index (χ1n) is 6.78. The first-order chi connectivity index (χ1) is 7.02. The quantitative estimate of drug-likeness (QED) is 0.580. The van der Waals surface area contributed by atoms with E-state index < -0.39 is 0 Å². The molecule has 0 radical (unpaired) electrons. The van der Waals surface area contributed by atoms with Crippen molar-refractivity contribution in [2.75, 3.05) is 6.54 Å². The molecule has 0 aromatic rings. The maximum atomic E-state index is 2.71. The molecule has 0 aromatic carbocycles. The van der Waals surface area contributed by atoms with Crippen molar-refractivity contribution in [3.05, 3.63) is 0 Å². The lowest BCUT2D eigenvalue weighted by molar-refractivity contribution is 0.0800. The van der Waals surface area contributed by atoms with Crippen LogP contribution in [0.5, 0.6) is 0 Å². The van der Waals surface area contributed by atoms with Crippen LogP contribution in [-0.4, -0.2) is 23.0 Å². The van der Waals surface area contributed by atoms with Crippen molar-refractivity contribution in [2.45, 2.75) is 84.2 Å². The van der Waals surface area contributed by atoms with Crippen LogP contribution in [0.2, 0.25) is 0 Å². The average molecular weight is 211 g/mol. The number of nitrogens with zero attached hydrogens (tertiary/aromatic N) is 1. The van der Waals surface area contributed by atoms with Gasteiger partial charge >= 0.3 is 0 Å². The van der Waals surface area contributed by atoms with Gasteiger partial charge in [0.2, 0.25) is 0 Å². The van der Waals surface area contributed by atoms with Crippen molar-refractivity contribution in [1.82, 2.24) is 4.90 Å². The second-order valence-corrected chi connectivity index (χ2v) is 6.12. The highest BCUT2D eigenvalue weighted by atomic mass is 15.2. The van der Waals surface area contributed by atoms with Crippen LogP contribution in [0.4, 0.5) is 0 Å². The topological polar surface area (TPSA) is 3.24 Å². The van der Waals surface area contributed by atoms with Gasteiger partial charge in [-0.05, 0) is 47.1 Å². The zero-order chi connectivity index (χ0) is 11.3. The fraction of sp³-hybridized carbons (Fsp3) is 1.00. The van der Waals surface area contributed by atoms with Gasteiger partial charge in [-0.15, -0.1) is 0 Å². The summed E-state index contributed by atoms with van der Waals surface area (Å²) in [6.07, 6.45) is 9.99. The summed E-state index contributed by atoms with van der Waals surface area (Å²) >= 11 is 0. The molecule has 0 spiro atoms. The largest absolute Gasteiger partial charge is 0.296 e. The van der Waals surface area contributed by atoms with Gasteiger partial charge in [-0.3, -0.25) is 4.90 Å². The van der Waals surface area contributed by atoms with E-state index in [1.807, 2.05) is 0 Å². The molecule has 15 heavy (non-hydrogen) atoms. The molecule has 1 saturated heterocycles. The Balaban J connectivity index is 2.54. The Morgan fingerprint density at radius 3 is 2.00 bits per heavy atom. The van der Waals surface area contributed by atoms with Gasteiger partial charge in [0.25, 0.3) is 0 Å². The van der Waals surface area contributed by atoms with E-state index in [9.17, 15) is 0 Å². The highest BCUT2D eigenvalue weighted by Crippen LogP contribution is 2.23. The Kier molecular flexibility index (Phi) is 5.11. The van der Waals surface area contributed by atoms with Crippen LogP contribution in [0.3, 0.4) is 0 Å². The van der Waals surface area contributed by atoms with Gasteiger partial charge in [-0.25, -0.2) is 0 Å². The molecule has 1 rings (SSSR count). The molecule has 0 bridgehead atoms. The van der Waals surface area contributed by atoms with E-state index >= 15 is 0 Å². The molecule has 1 aliphatic heterocycles. The van der Waals surface area contributed by atoms with E-state index in [1.54, 1.807) is 0 Å². The van der Waals surface area contributed by atoms with Gasteiger partial charge < -0.3 is 0 Å². The summed E-state index contributed by atoms with van der Waals surface area (Å²) in [4.78, 5) is 2.71. The number of hydrogen-bond donors (Lipinski definition) is 0. The SMILES string of the molecule is C[C@@H]1CCCCCCCCN1C(C)(C)C. The standard InChI is InChI=1S/C14H29N/c1-13-11-9-7-5-6-8-10-12-15(13)14(2,3)4/h13H,5-12H2,1-4H3/t13-/m1/s1. The van der Waals surface area contributed by atoms with Gasteiger partial charge in [0.15, 0.2) is 0 Å². The zero-order valence-electron chi connectivity index (χ0n) is 11.2. The van der Waals surface area contributed by atoms with Crippen LogP contribution in [0.1, 0.15) is 72.6 Å². The summed E-state index contributed by atoms with van der Waals surface area (Å²) in [7, 11) is 0. The second kappa shape index (κ2) is 5.89. The number of rotatable bonds is 0. The van der Waals surface area contributed by atoms with Crippen molar-refractivity contribution in [3.8, 4) is 0 Å². The van der Waals surface area contributed by atoms with E-state index in [1.165, 1.54) is 51.5 Å². The molecule has 1 heterocycles. The fourth-order valence-electron chi connectivity index (χ4n) is 2.80. The highest BCUT2D eigenvalue weighted by molar-refractivity contribution is 4.81. The van der Waals surface area contributed by atoms with E-state index in [4.69, 9.17) is 0 Å². The van der Waals surface area contributed by atoms with Crippen molar-refractivity contribution in [2.24, 2.45) is 0 Å². The number of hydrogen-bond acceptors (Lipinski definition) is 1. The summed E-state index contributed by atoms with van der Waals surface area (Å²) in [6, 6.07) is 0.767. The Labute approximate surface area is 96.2 Å². The minimum Gasteiger partial charge on any atom is -0.296 e. The molecular formula is C14H29N. The smallest absolute Gasteiger partial charge is 0.0127 e. The predicted molar refractivity (Wildman–Crippen MR) is 68.2 cm³/mol. The fourth-order valence-corrected chi connectivity index (χ4v) is 2.80. The summed E-state index contributed by atoms with van der Waals surface area (Å²) in [6.45, 7) is 10.8. The molecule has 0 amide bonds. The van der Waals surface area contributed by atoms with Gasteiger partial charge in [0.1, 0.15) is 0 Å². The van der Waals surface area contributed by atoms with Gasteiger partial charge in [-0.1, -0.05) is 32.1 Å². The second-order valence-electron chi connectivity index (χ2n) is 6.12. The van der Waals surface area contributed by atoms with Crippen LogP contribution >= 0.6 is 0 Å². The van der Waals surface area contributed by atoms with E-state index in [2.05, 4.69) is 32.6 Å². The summed E-state index contributed by atoms with van der Waals surface area (Å²) in [5.74, 6) is 0. The van der Waals surface area contributed by atoms with E-state index in [-0.39, 0.29) is 0 Å². The summed E-state index contributed by atoms with van der Waals surface area (Å²) < 4.78 is 0. The first kappa shape index (κ1) is 13.0. The van der Waals surface area contributed by atoms with E-state index in [0.29, 0.717) is 5.54 Å². The van der Waals surface area contributed by atoms with Crippen molar-refractivity contribution >= 4 is 0 Å². The maximum Gasteiger partial charge on any atom is 0.0127 e. The zero-order valence-corrected chi connectivity index (χ0v) is 11.2. The van der Waals surface area contributed by atoms with Crippen LogP contribution < -0.4 is 0 Å². The predicted octanol–water partition coefficient (Wildman–Crippen LogP) is 4.22. The Hall–Kier alpha value is -0.0400. The molecule has 0 N–H and O–H groups in total. The molecule has 0 saturated carbocycles. The van der Waals surface area contributed by atoms with E-state index in [0.717, 1.165) is 6.04 Å². The van der Waals surface area contributed by atoms with Crippen LogP contribution in [0, 0.1) is 0 Å². The normalized spacial score (nSPS) is 27.6. The maximum absolute atomic E-state index is 2.71. The molecular weight excluding hydrogens is 182 g/mol. The first-order valence-corrected chi connectivity index (χ1v) is 6.78. The van der Waals surface area contributed by atoms with Gasteiger partial charge in [-0.2, -0.15) is 0 Å². The molecule has 0 unspecified atom stereocenters. The molecule has 1 atom stereocenters.